The van der Waals surface area contributed by atoms with E-state index in [-0.39, 0.29) is 17.1 Å². The first-order valence-electron chi connectivity index (χ1n) is 6.81. The molecule has 2 rings (SSSR count). The maximum atomic E-state index is 12.9. The quantitative estimate of drug-likeness (QED) is 0.852. The predicted octanol–water partition coefficient (Wildman–Crippen LogP) is 1.99. The van der Waals surface area contributed by atoms with E-state index in [0.717, 1.165) is 11.6 Å². The Morgan fingerprint density at radius 3 is 2.42 bits per heavy atom. The van der Waals surface area contributed by atoms with Crippen molar-refractivity contribution in [3.8, 4) is 5.88 Å². The van der Waals surface area contributed by atoms with Crippen molar-refractivity contribution in [2.24, 2.45) is 5.41 Å². The van der Waals surface area contributed by atoms with Gasteiger partial charge in [0, 0.05) is 11.6 Å². The normalized spacial score (nSPS) is 13.8. The molecule has 0 amide bonds. The summed E-state index contributed by atoms with van der Waals surface area (Å²) in [6, 6.07) is 2.66. The lowest BCUT2D eigenvalue weighted by atomic mass is 9.83. The van der Waals surface area contributed by atoms with Crippen LogP contribution in [0.25, 0.3) is 5.65 Å². The number of nitrogens with zero attached hydrogens (tertiary/aromatic N) is 3. The van der Waals surface area contributed by atoms with Gasteiger partial charge < -0.3 is 14.6 Å². The molecule has 0 aliphatic carbocycles. The first kappa shape index (κ1) is 18.0. The Morgan fingerprint density at radius 2 is 1.92 bits per heavy atom. The summed E-state index contributed by atoms with van der Waals surface area (Å²) in [5, 5.41) is 13.9. The van der Waals surface area contributed by atoms with E-state index < -0.39 is 29.5 Å². The van der Waals surface area contributed by atoms with E-state index in [9.17, 15) is 23.1 Å². The Balaban J connectivity index is 2.67. The molecular weight excluding hydrogens is 331 g/mol. The topological polar surface area (TPSA) is 86.0 Å². The second-order valence-electron chi connectivity index (χ2n) is 5.62. The Kier molecular flexibility index (Phi) is 4.44. The maximum absolute atomic E-state index is 12.9. The second kappa shape index (κ2) is 5.93. The number of aromatic nitrogens is 3. The number of rotatable bonds is 4. The van der Waals surface area contributed by atoms with Crippen molar-refractivity contribution < 1.29 is 32.5 Å². The second-order valence-corrected chi connectivity index (χ2v) is 5.62. The third kappa shape index (κ3) is 2.88. The molecule has 2 heterocycles. The number of ether oxygens (including phenoxy) is 2. The standard InChI is InChI=1S/C14H16F3N3O4/c1-13(2,12(22)24-4)9(21)7-5-6-8(23-3)20-10(7)18-11(19-20)14(15,16)17/h5-6,9,21H,1-4H3. The summed E-state index contributed by atoms with van der Waals surface area (Å²) in [7, 11) is 2.41. The first-order valence-corrected chi connectivity index (χ1v) is 6.81. The number of methoxy groups -OCH3 is 2. The SMILES string of the molecule is COC(=O)C(C)(C)C(O)c1ccc(OC)n2nc(C(F)(F)F)nc12. The number of fused-ring (bicyclic) bond motifs is 1. The van der Waals surface area contributed by atoms with Crippen molar-refractivity contribution in [1.82, 2.24) is 14.6 Å². The third-order valence-electron chi connectivity index (χ3n) is 3.63. The number of carbonyl (C=O) groups excluding carboxylic acids is 1. The maximum Gasteiger partial charge on any atom is 0.453 e. The van der Waals surface area contributed by atoms with Crippen LogP contribution in [0.15, 0.2) is 12.1 Å². The Morgan fingerprint density at radius 1 is 1.29 bits per heavy atom. The van der Waals surface area contributed by atoms with Crippen LogP contribution in [0.5, 0.6) is 5.88 Å². The molecule has 0 spiro atoms. The minimum atomic E-state index is -4.77. The highest BCUT2D eigenvalue weighted by Crippen LogP contribution is 2.38. The van der Waals surface area contributed by atoms with Gasteiger partial charge in [0.15, 0.2) is 5.65 Å². The van der Waals surface area contributed by atoms with Crippen LogP contribution in [0.4, 0.5) is 13.2 Å². The van der Waals surface area contributed by atoms with Crippen LogP contribution < -0.4 is 4.74 Å². The number of aliphatic hydroxyl groups excluding tert-OH is 1. The molecule has 2 aromatic rings. The minimum Gasteiger partial charge on any atom is -0.481 e. The number of esters is 1. The van der Waals surface area contributed by atoms with Crippen molar-refractivity contribution >= 4 is 11.6 Å². The zero-order valence-electron chi connectivity index (χ0n) is 13.4. The zero-order valence-corrected chi connectivity index (χ0v) is 13.4. The van der Waals surface area contributed by atoms with Crippen molar-refractivity contribution in [2.75, 3.05) is 14.2 Å². The summed E-state index contributed by atoms with van der Waals surface area (Å²) in [6.07, 6.45) is -6.24. The van der Waals surface area contributed by atoms with E-state index >= 15 is 0 Å². The van der Waals surface area contributed by atoms with Gasteiger partial charge in [0.25, 0.3) is 5.82 Å². The van der Waals surface area contributed by atoms with E-state index in [4.69, 9.17) is 4.74 Å². The fourth-order valence-corrected chi connectivity index (χ4v) is 2.21. The average molecular weight is 347 g/mol. The lowest BCUT2D eigenvalue weighted by Crippen LogP contribution is -2.33. The zero-order chi connectivity index (χ0) is 18.3. The average Bonchev–Trinajstić information content (AvgIpc) is 2.97. The Bertz CT molecular complexity index is 770. The monoisotopic (exact) mass is 347 g/mol. The molecule has 0 fully saturated rings. The van der Waals surface area contributed by atoms with Gasteiger partial charge in [-0.2, -0.15) is 17.7 Å². The van der Waals surface area contributed by atoms with E-state index in [1.165, 1.54) is 33.1 Å². The predicted molar refractivity (Wildman–Crippen MR) is 75.3 cm³/mol. The van der Waals surface area contributed by atoms with Gasteiger partial charge in [-0.1, -0.05) is 0 Å². The van der Waals surface area contributed by atoms with Crippen LogP contribution in [0.3, 0.4) is 0 Å². The van der Waals surface area contributed by atoms with E-state index in [0.29, 0.717) is 0 Å². The van der Waals surface area contributed by atoms with Crippen LogP contribution in [0, 0.1) is 5.41 Å². The molecule has 0 aromatic carbocycles. The van der Waals surface area contributed by atoms with Gasteiger partial charge in [-0.05, 0) is 19.9 Å². The molecule has 0 radical (unpaired) electrons. The lowest BCUT2D eigenvalue weighted by molar-refractivity contribution is -0.157. The Hall–Kier alpha value is -2.36. The van der Waals surface area contributed by atoms with Gasteiger partial charge in [0.1, 0.15) is 0 Å². The summed E-state index contributed by atoms with van der Waals surface area (Å²) in [5.74, 6) is -2.10. The van der Waals surface area contributed by atoms with Crippen LogP contribution in [0.2, 0.25) is 0 Å². The molecule has 1 atom stereocenters. The van der Waals surface area contributed by atoms with Crippen molar-refractivity contribution in [3.05, 3.63) is 23.5 Å². The number of carbonyl (C=O) groups is 1. The van der Waals surface area contributed by atoms with Gasteiger partial charge in [0.2, 0.25) is 5.88 Å². The van der Waals surface area contributed by atoms with Crippen LogP contribution in [0.1, 0.15) is 31.3 Å². The van der Waals surface area contributed by atoms with Crippen molar-refractivity contribution in [3.63, 3.8) is 0 Å². The smallest absolute Gasteiger partial charge is 0.453 e. The van der Waals surface area contributed by atoms with E-state index in [1.807, 2.05) is 0 Å². The van der Waals surface area contributed by atoms with Gasteiger partial charge in [0.05, 0.1) is 25.7 Å². The number of hydrogen-bond donors (Lipinski definition) is 1. The molecule has 0 aliphatic heterocycles. The summed E-state index contributed by atoms with van der Waals surface area (Å²) in [6.45, 7) is 2.82. The molecular formula is C14H16F3N3O4. The van der Waals surface area contributed by atoms with Crippen LogP contribution in [-0.4, -0.2) is 39.9 Å². The highest BCUT2D eigenvalue weighted by molar-refractivity contribution is 5.77. The first-order chi connectivity index (χ1) is 11.0. The lowest BCUT2D eigenvalue weighted by Gasteiger charge is -2.27. The fraction of sp³-hybridized carbons (Fsp3) is 0.500. The third-order valence-corrected chi connectivity index (χ3v) is 3.63. The molecule has 0 bridgehead atoms. The highest BCUT2D eigenvalue weighted by atomic mass is 19.4. The Labute approximate surface area is 135 Å². The molecule has 0 aliphatic rings. The molecule has 1 N–H and O–H groups in total. The summed E-state index contributed by atoms with van der Waals surface area (Å²) >= 11 is 0. The largest absolute Gasteiger partial charge is 0.481 e. The molecule has 24 heavy (non-hydrogen) atoms. The van der Waals surface area contributed by atoms with Gasteiger partial charge in [-0.15, -0.1) is 5.10 Å². The molecule has 1 unspecified atom stereocenters. The van der Waals surface area contributed by atoms with E-state index in [2.05, 4.69) is 14.8 Å². The molecule has 0 saturated carbocycles. The fourth-order valence-electron chi connectivity index (χ4n) is 2.21. The molecule has 132 valence electrons. The van der Waals surface area contributed by atoms with E-state index in [1.54, 1.807) is 0 Å². The van der Waals surface area contributed by atoms with Crippen molar-refractivity contribution in [1.29, 1.82) is 0 Å². The number of halogens is 3. The summed E-state index contributed by atoms with van der Waals surface area (Å²) < 4.78 is 49.1. The van der Waals surface area contributed by atoms with Crippen LogP contribution >= 0.6 is 0 Å². The highest BCUT2D eigenvalue weighted by Gasteiger charge is 2.41. The number of alkyl halides is 3. The van der Waals surface area contributed by atoms with Gasteiger partial charge in [-0.25, -0.2) is 4.98 Å². The molecule has 7 nitrogen and oxygen atoms in total. The molecule has 2 aromatic heterocycles. The van der Waals surface area contributed by atoms with Gasteiger partial charge in [-0.3, -0.25) is 4.79 Å². The van der Waals surface area contributed by atoms with Crippen LogP contribution in [-0.2, 0) is 15.7 Å². The minimum absolute atomic E-state index is 0.000163. The number of hydrogen-bond acceptors (Lipinski definition) is 6. The number of aliphatic hydroxyl groups is 1. The van der Waals surface area contributed by atoms with Crippen molar-refractivity contribution in [2.45, 2.75) is 26.1 Å². The molecule has 0 saturated heterocycles. The summed E-state index contributed by atoms with van der Waals surface area (Å²) in [5.41, 5.74) is -1.67. The molecule has 10 heteroatoms. The van der Waals surface area contributed by atoms with Gasteiger partial charge >= 0.3 is 12.1 Å². The summed E-state index contributed by atoms with van der Waals surface area (Å²) in [4.78, 5) is 15.3. The number of pyridine rings is 1.